The van der Waals surface area contributed by atoms with Gasteiger partial charge in [-0.1, -0.05) is 12.1 Å². The lowest BCUT2D eigenvalue weighted by Gasteiger charge is -2.17. The van der Waals surface area contributed by atoms with Gasteiger partial charge in [-0.05, 0) is 48.9 Å². The molecule has 2 rings (SSSR count). The summed E-state index contributed by atoms with van der Waals surface area (Å²) in [5, 5.41) is 0. The number of nitrogen functional groups attached to an aromatic ring is 1. The molecule has 0 heterocycles. The van der Waals surface area contributed by atoms with E-state index in [0.717, 1.165) is 11.3 Å². The van der Waals surface area contributed by atoms with E-state index in [2.05, 4.69) is 0 Å². The first-order valence-corrected chi connectivity index (χ1v) is 6.87. The Hall–Kier alpha value is -2.49. The van der Waals surface area contributed by atoms with Crippen molar-refractivity contribution in [3.63, 3.8) is 0 Å². The van der Waals surface area contributed by atoms with Crippen LogP contribution in [0.5, 0.6) is 5.75 Å². The molecule has 0 aliphatic carbocycles. The monoisotopic (exact) mass is 284 g/mol. The highest BCUT2D eigenvalue weighted by Gasteiger charge is 2.11. The summed E-state index contributed by atoms with van der Waals surface area (Å²) in [5.74, 6) is 0.783. The van der Waals surface area contributed by atoms with E-state index >= 15 is 0 Å². The molecule has 0 unspecified atom stereocenters. The fourth-order valence-corrected chi connectivity index (χ4v) is 1.95. The molecule has 0 aromatic heterocycles. The van der Waals surface area contributed by atoms with Crippen molar-refractivity contribution in [1.29, 1.82) is 0 Å². The molecule has 4 nitrogen and oxygen atoms in total. The predicted molar refractivity (Wildman–Crippen MR) is 84.5 cm³/mol. The topological polar surface area (TPSA) is 55.6 Å². The minimum Gasteiger partial charge on any atom is -0.492 e. The number of ether oxygens (including phenoxy) is 1. The second-order valence-corrected chi connectivity index (χ2v) is 5.01. The Morgan fingerprint density at radius 3 is 2.57 bits per heavy atom. The van der Waals surface area contributed by atoms with Crippen LogP contribution in [0, 0.1) is 6.92 Å². The minimum atomic E-state index is -0.0390. The number of anilines is 1. The molecule has 0 radical (unpaired) electrons. The van der Waals surface area contributed by atoms with Gasteiger partial charge in [0.2, 0.25) is 0 Å². The zero-order valence-electron chi connectivity index (χ0n) is 12.4. The normalized spacial score (nSPS) is 10.2. The highest BCUT2D eigenvalue weighted by molar-refractivity contribution is 5.94. The van der Waals surface area contributed by atoms with Crippen LogP contribution in [-0.2, 0) is 0 Å². The van der Waals surface area contributed by atoms with E-state index in [9.17, 15) is 4.79 Å². The second kappa shape index (κ2) is 6.79. The van der Waals surface area contributed by atoms with E-state index < -0.39 is 0 Å². The van der Waals surface area contributed by atoms with E-state index in [1.54, 1.807) is 36.2 Å². The van der Waals surface area contributed by atoms with Crippen LogP contribution in [0.2, 0.25) is 0 Å². The second-order valence-electron chi connectivity index (χ2n) is 5.01. The van der Waals surface area contributed by atoms with Gasteiger partial charge in [0, 0.05) is 18.3 Å². The molecule has 0 aliphatic rings. The van der Waals surface area contributed by atoms with Gasteiger partial charge in [0.25, 0.3) is 5.91 Å². The van der Waals surface area contributed by atoms with E-state index in [1.807, 2.05) is 31.2 Å². The first-order valence-electron chi connectivity index (χ1n) is 6.87. The molecule has 0 saturated carbocycles. The standard InChI is InChI=1S/C17H20N2O2/c1-13-4-3-5-16(12-13)21-11-10-19(2)17(20)14-6-8-15(18)9-7-14/h3-9,12H,10-11,18H2,1-2H3. The summed E-state index contributed by atoms with van der Waals surface area (Å²) >= 11 is 0. The van der Waals surface area contributed by atoms with Crippen molar-refractivity contribution in [1.82, 2.24) is 4.90 Å². The highest BCUT2D eigenvalue weighted by Crippen LogP contribution is 2.12. The summed E-state index contributed by atoms with van der Waals surface area (Å²) < 4.78 is 5.65. The van der Waals surface area contributed by atoms with E-state index in [4.69, 9.17) is 10.5 Å². The largest absolute Gasteiger partial charge is 0.492 e. The fraction of sp³-hybridized carbons (Fsp3) is 0.235. The van der Waals surface area contributed by atoms with Crippen molar-refractivity contribution in [3.8, 4) is 5.75 Å². The summed E-state index contributed by atoms with van der Waals surface area (Å²) in [4.78, 5) is 13.8. The van der Waals surface area contributed by atoms with Crippen molar-refractivity contribution in [2.45, 2.75) is 6.92 Å². The van der Waals surface area contributed by atoms with Crippen LogP contribution in [0.3, 0.4) is 0 Å². The molecule has 110 valence electrons. The maximum atomic E-state index is 12.2. The summed E-state index contributed by atoms with van der Waals surface area (Å²) in [6.07, 6.45) is 0. The summed E-state index contributed by atoms with van der Waals surface area (Å²) in [6, 6.07) is 14.8. The van der Waals surface area contributed by atoms with Crippen molar-refractivity contribution in [2.75, 3.05) is 25.9 Å². The maximum absolute atomic E-state index is 12.2. The number of amides is 1. The van der Waals surface area contributed by atoms with E-state index in [-0.39, 0.29) is 5.91 Å². The molecule has 4 heteroatoms. The van der Waals surface area contributed by atoms with Crippen LogP contribution in [-0.4, -0.2) is 31.0 Å². The summed E-state index contributed by atoms with van der Waals surface area (Å²) in [7, 11) is 1.76. The first kappa shape index (κ1) is 14.9. The van der Waals surface area contributed by atoms with Crippen molar-refractivity contribution in [3.05, 3.63) is 59.7 Å². The van der Waals surface area contributed by atoms with Crippen LogP contribution in [0.15, 0.2) is 48.5 Å². The van der Waals surface area contributed by atoms with Crippen LogP contribution in [0.1, 0.15) is 15.9 Å². The van der Waals surface area contributed by atoms with Gasteiger partial charge in [-0.25, -0.2) is 0 Å². The van der Waals surface area contributed by atoms with Gasteiger partial charge in [-0.2, -0.15) is 0 Å². The van der Waals surface area contributed by atoms with Gasteiger partial charge in [-0.3, -0.25) is 4.79 Å². The predicted octanol–water partition coefficient (Wildman–Crippen LogP) is 2.73. The third-order valence-electron chi connectivity index (χ3n) is 3.19. The Bertz CT molecular complexity index is 608. The zero-order chi connectivity index (χ0) is 15.2. The van der Waals surface area contributed by atoms with Gasteiger partial charge in [0.15, 0.2) is 0 Å². The molecular weight excluding hydrogens is 264 g/mol. The molecule has 2 N–H and O–H groups in total. The quantitative estimate of drug-likeness (QED) is 0.859. The average molecular weight is 284 g/mol. The molecule has 0 aliphatic heterocycles. The van der Waals surface area contributed by atoms with E-state index in [0.29, 0.717) is 24.4 Å². The molecular formula is C17H20N2O2. The van der Waals surface area contributed by atoms with Crippen LogP contribution in [0.4, 0.5) is 5.69 Å². The molecule has 0 spiro atoms. The lowest BCUT2D eigenvalue weighted by atomic mass is 10.2. The Kier molecular flexibility index (Phi) is 4.82. The van der Waals surface area contributed by atoms with Gasteiger partial charge in [0.1, 0.15) is 12.4 Å². The van der Waals surface area contributed by atoms with Crippen LogP contribution in [0.25, 0.3) is 0 Å². The molecule has 0 atom stereocenters. The Labute approximate surface area is 125 Å². The number of nitrogens with zero attached hydrogens (tertiary/aromatic N) is 1. The number of carbonyl (C=O) groups excluding carboxylic acids is 1. The zero-order valence-corrected chi connectivity index (χ0v) is 12.4. The number of benzene rings is 2. The van der Waals surface area contributed by atoms with Crippen molar-refractivity contribution in [2.24, 2.45) is 0 Å². The first-order chi connectivity index (χ1) is 10.1. The number of carbonyl (C=O) groups is 1. The highest BCUT2D eigenvalue weighted by atomic mass is 16.5. The van der Waals surface area contributed by atoms with Crippen LogP contribution >= 0.6 is 0 Å². The van der Waals surface area contributed by atoms with Gasteiger partial charge in [-0.15, -0.1) is 0 Å². The fourth-order valence-electron chi connectivity index (χ4n) is 1.95. The molecule has 0 bridgehead atoms. The Morgan fingerprint density at radius 2 is 1.90 bits per heavy atom. The van der Waals surface area contributed by atoms with Crippen molar-refractivity contribution >= 4 is 11.6 Å². The molecule has 21 heavy (non-hydrogen) atoms. The number of nitrogens with two attached hydrogens (primary N) is 1. The number of aryl methyl sites for hydroxylation is 1. The number of hydrogen-bond donors (Lipinski definition) is 1. The van der Waals surface area contributed by atoms with Gasteiger partial charge < -0.3 is 15.4 Å². The molecule has 0 saturated heterocycles. The summed E-state index contributed by atoms with van der Waals surface area (Å²) in [5.41, 5.74) is 8.04. The number of likely N-dealkylation sites (N-methyl/N-ethyl adjacent to an activating group) is 1. The third-order valence-corrected chi connectivity index (χ3v) is 3.19. The molecule has 2 aromatic rings. The van der Waals surface area contributed by atoms with Gasteiger partial charge >= 0.3 is 0 Å². The SMILES string of the molecule is Cc1cccc(OCCN(C)C(=O)c2ccc(N)cc2)c1. The summed E-state index contributed by atoms with van der Waals surface area (Å²) in [6.45, 7) is 3.00. The number of hydrogen-bond acceptors (Lipinski definition) is 3. The maximum Gasteiger partial charge on any atom is 0.253 e. The van der Waals surface area contributed by atoms with Crippen molar-refractivity contribution < 1.29 is 9.53 Å². The Morgan fingerprint density at radius 1 is 1.19 bits per heavy atom. The lowest BCUT2D eigenvalue weighted by molar-refractivity contribution is 0.0774. The third kappa shape index (κ3) is 4.24. The lowest BCUT2D eigenvalue weighted by Crippen LogP contribution is -2.30. The average Bonchev–Trinajstić information content (AvgIpc) is 2.47. The minimum absolute atomic E-state index is 0.0390. The molecule has 0 fully saturated rings. The Balaban J connectivity index is 1.85. The van der Waals surface area contributed by atoms with Gasteiger partial charge in [0.05, 0.1) is 6.54 Å². The molecule has 1 amide bonds. The number of rotatable bonds is 5. The molecule has 2 aromatic carbocycles. The van der Waals surface area contributed by atoms with Crippen LogP contribution < -0.4 is 10.5 Å². The van der Waals surface area contributed by atoms with E-state index in [1.165, 1.54) is 0 Å². The smallest absolute Gasteiger partial charge is 0.253 e.